The second kappa shape index (κ2) is 7.34. The Morgan fingerprint density at radius 1 is 1.37 bits per heavy atom. The molecule has 0 aromatic carbocycles. The smallest absolute Gasteiger partial charge is 0.316 e. The molecule has 106 valence electrons. The molecule has 0 bridgehead atoms. The predicted octanol–water partition coefficient (Wildman–Crippen LogP) is 0.731. The van der Waals surface area contributed by atoms with E-state index >= 15 is 0 Å². The third-order valence-corrected chi connectivity index (χ3v) is 2.18. The highest BCUT2D eigenvalue weighted by atomic mass is 19.1. The molecule has 1 rings (SSSR count). The van der Waals surface area contributed by atoms with Gasteiger partial charge in [-0.25, -0.2) is 14.2 Å². The van der Waals surface area contributed by atoms with Crippen molar-refractivity contribution in [3.05, 3.63) is 12.0 Å². The van der Waals surface area contributed by atoms with E-state index in [1.165, 1.54) is 4.90 Å². The zero-order valence-electron chi connectivity index (χ0n) is 11.3. The number of anilines is 2. The summed E-state index contributed by atoms with van der Waals surface area (Å²) in [5.41, 5.74) is 0. The van der Waals surface area contributed by atoms with Crippen LogP contribution in [0.1, 0.15) is 6.92 Å². The Morgan fingerprint density at radius 3 is 2.74 bits per heavy atom. The van der Waals surface area contributed by atoms with E-state index in [4.69, 9.17) is 0 Å². The molecule has 0 unspecified atom stereocenters. The van der Waals surface area contributed by atoms with Crippen molar-refractivity contribution in [3.63, 3.8) is 0 Å². The van der Waals surface area contributed by atoms with Crippen molar-refractivity contribution in [2.75, 3.05) is 44.4 Å². The maximum absolute atomic E-state index is 13.4. The molecule has 0 radical (unpaired) electrons. The van der Waals surface area contributed by atoms with Crippen molar-refractivity contribution in [1.29, 1.82) is 0 Å². The highest BCUT2D eigenvalue weighted by Crippen LogP contribution is 2.10. The minimum absolute atomic E-state index is 0.116. The second-order valence-corrected chi connectivity index (χ2v) is 3.97. The molecule has 0 aliphatic carbocycles. The van der Waals surface area contributed by atoms with Crippen LogP contribution in [0, 0.1) is 5.82 Å². The van der Waals surface area contributed by atoms with Gasteiger partial charge in [-0.2, -0.15) is 4.98 Å². The van der Waals surface area contributed by atoms with Crippen LogP contribution in [-0.4, -0.2) is 54.6 Å². The molecule has 7 nitrogen and oxygen atoms in total. The number of nitrogens with one attached hydrogen (secondary N) is 3. The average molecular weight is 270 g/mol. The SMILES string of the molecule is CCNc1ncc(F)c(NCCNC(=O)N(C)C)n1. The van der Waals surface area contributed by atoms with Gasteiger partial charge in [0.2, 0.25) is 5.95 Å². The lowest BCUT2D eigenvalue weighted by Crippen LogP contribution is -2.37. The number of rotatable bonds is 6. The van der Waals surface area contributed by atoms with Crippen LogP contribution >= 0.6 is 0 Å². The van der Waals surface area contributed by atoms with Gasteiger partial charge in [-0.15, -0.1) is 0 Å². The number of aromatic nitrogens is 2. The quantitative estimate of drug-likeness (QED) is 0.664. The van der Waals surface area contributed by atoms with Crippen LogP contribution in [-0.2, 0) is 0 Å². The maximum atomic E-state index is 13.4. The largest absolute Gasteiger partial charge is 0.366 e. The van der Waals surface area contributed by atoms with E-state index in [0.717, 1.165) is 6.20 Å². The van der Waals surface area contributed by atoms with E-state index in [-0.39, 0.29) is 11.8 Å². The number of halogens is 1. The molecule has 2 amide bonds. The first-order valence-corrected chi connectivity index (χ1v) is 6.00. The lowest BCUT2D eigenvalue weighted by atomic mass is 10.5. The van der Waals surface area contributed by atoms with Crippen molar-refractivity contribution in [1.82, 2.24) is 20.2 Å². The molecule has 1 aromatic rings. The Kier molecular flexibility index (Phi) is 5.77. The van der Waals surface area contributed by atoms with Gasteiger partial charge in [0.05, 0.1) is 6.20 Å². The Morgan fingerprint density at radius 2 is 2.11 bits per heavy atom. The minimum Gasteiger partial charge on any atom is -0.366 e. The van der Waals surface area contributed by atoms with Crippen LogP contribution in [0.5, 0.6) is 0 Å². The first-order chi connectivity index (χ1) is 9.04. The number of amides is 2. The van der Waals surface area contributed by atoms with E-state index in [1.807, 2.05) is 6.92 Å². The summed E-state index contributed by atoms with van der Waals surface area (Å²) in [6, 6.07) is -0.196. The van der Waals surface area contributed by atoms with Crippen LogP contribution in [0.4, 0.5) is 21.0 Å². The van der Waals surface area contributed by atoms with E-state index in [2.05, 4.69) is 25.9 Å². The van der Waals surface area contributed by atoms with Crippen molar-refractivity contribution in [2.24, 2.45) is 0 Å². The molecular formula is C11H19FN6O. The summed E-state index contributed by atoms with van der Waals surface area (Å²) >= 11 is 0. The Hall–Kier alpha value is -2.12. The summed E-state index contributed by atoms with van der Waals surface area (Å²) in [6.45, 7) is 3.30. The fourth-order valence-corrected chi connectivity index (χ4v) is 1.24. The van der Waals surface area contributed by atoms with E-state index in [1.54, 1.807) is 14.1 Å². The minimum atomic E-state index is -0.527. The molecule has 1 heterocycles. The number of carbonyl (C=O) groups excluding carboxylic acids is 1. The molecule has 0 aliphatic heterocycles. The Labute approximate surface area is 111 Å². The molecule has 0 saturated carbocycles. The molecule has 0 aliphatic rings. The predicted molar refractivity (Wildman–Crippen MR) is 71.7 cm³/mol. The second-order valence-electron chi connectivity index (χ2n) is 3.97. The van der Waals surface area contributed by atoms with Crippen LogP contribution in [0.25, 0.3) is 0 Å². The topological polar surface area (TPSA) is 82.2 Å². The monoisotopic (exact) mass is 270 g/mol. The number of carbonyl (C=O) groups is 1. The van der Waals surface area contributed by atoms with Crippen molar-refractivity contribution in [2.45, 2.75) is 6.92 Å². The maximum Gasteiger partial charge on any atom is 0.316 e. The summed E-state index contributed by atoms with van der Waals surface area (Å²) in [6.07, 6.45) is 1.10. The van der Waals surface area contributed by atoms with Crippen LogP contribution in [0.3, 0.4) is 0 Å². The van der Waals surface area contributed by atoms with Gasteiger partial charge in [0.1, 0.15) is 0 Å². The molecule has 0 atom stereocenters. The molecule has 0 saturated heterocycles. The number of nitrogens with zero attached hydrogens (tertiary/aromatic N) is 3. The van der Waals surface area contributed by atoms with Crippen LogP contribution in [0.2, 0.25) is 0 Å². The highest BCUT2D eigenvalue weighted by molar-refractivity contribution is 5.73. The molecular weight excluding hydrogens is 251 g/mol. The van der Waals surface area contributed by atoms with Gasteiger partial charge in [0, 0.05) is 33.7 Å². The standard InChI is InChI=1S/C11H19FN6O/c1-4-13-10-16-7-8(12)9(17-10)14-5-6-15-11(19)18(2)3/h7H,4-6H2,1-3H3,(H,15,19)(H2,13,14,16,17). The molecule has 8 heteroatoms. The Bertz CT molecular complexity index is 426. The fourth-order valence-electron chi connectivity index (χ4n) is 1.24. The molecule has 3 N–H and O–H groups in total. The normalized spacial score (nSPS) is 9.89. The summed E-state index contributed by atoms with van der Waals surface area (Å²) < 4.78 is 13.4. The summed E-state index contributed by atoms with van der Waals surface area (Å²) in [5.74, 6) is -0.0469. The highest BCUT2D eigenvalue weighted by Gasteiger charge is 2.06. The number of hydrogen-bond donors (Lipinski definition) is 3. The lowest BCUT2D eigenvalue weighted by molar-refractivity contribution is 0.218. The van der Waals surface area contributed by atoms with Crippen molar-refractivity contribution in [3.8, 4) is 0 Å². The van der Waals surface area contributed by atoms with Gasteiger partial charge in [0.25, 0.3) is 0 Å². The van der Waals surface area contributed by atoms with Crippen molar-refractivity contribution < 1.29 is 9.18 Å². The van der Waals surface area contributed by atoms with E-state index in [9.17, 15) is 9.18 Å². The zero-order chi connectivity index (χ0) is 14.3. The van der Waals surface area contributed by atoms with Gasteiger partial charge in [-0.3, -0.25) is 0 Å². The van der Waals surface area contributed by atoms with Crippen LogP contribution in [0.15, 0.2) is 6.20 Å². The summed E-state index contributed by atoms with van der Waals surface area (Å²) in [7, 11) is 3.30. The van der Waals surface area contributed by atoms with Gasteiger partial charge < -0.3 is 20.9 Å². The third kappa shape index (κ3) is 4.94. The van der Waals surface area contributed by atoms with Gasteiger partial charge in [-0.05, 0) is 6.92 Å². The van der Waals surface area contributed by atoms with Crippen molar-refractivity contribution >= 4 is 17.8 Å². The summed E-state index contributed by atoms with van der Waals surface area (Å²) in [5, 5.41) is 8.35. The Balaban J connectivity index is 2.44. The average Bonchev–Trinajstić information content (AvgIpc) is 2.38. The van der Waals surface area contributed by atoms with E-state index < -0.39 is 5.82 Å². The van der Waals surface area contributed by atoms with Gasteiger partial charge in [-0.1, -0.05) is 0 Å². The molecule has 0 spiro atoms. The first kappa shape index (κ1) is 14.9. The zero-order valence-corrected chi connectivity index (χ0v) is 11.3. The van der Waals surface area contributed by atoms with E-state index in [0.29, 0.717) is 25.6 Å². The number of urea groups is 1. The number of hydrogen-bond acceptors (Lipinski definition) is 5. The van der Waals surface area contributed by atoms with Crippen LogP contribution < -0.4 is 16.0 Å². The summed E-state index contributed by atoms with van der Waals surface area (Å²) in [4.78, 5) is 20.4. The molecule has 19 heavy (non-hydrogen) atoms. The molecule has 1 aromatic heterocycles. The lowest BCUT2D eigenvalue weighted by Gasteiger charge is -2.12. The fraction of sp³-hybridized carbons (Fsp3) is 0.545. The molecule has 0 fully saturated rings. The first-order valence-electron chi connectivity index (χ1n) is 6.00. The third-order valence-electron chi connectivity index (χ3n) is 2.18. The van der Waals surface area contributed by atoms with Gasteiger partial charge >= 0.3 is 6.03 Å². The van der Waals surface area contributed by atoms with Gasteiger partial charge in [0.15, 0.2) is 11.6 Å².